The summed E-state index contributed by atoms with van der Waals surface area (Å²) in [6, 6.07) is 8.80. The summed E-state index contributed by atoms with van der Waals surface area (Å²) >= 11 is 0. The van der Waals surface area contributed by atoms with E-state index in [1.165, 1.54) is 53.1 Å². The Hall–Kier alpha value is -3.41. The number of ether oxygens (including phenoxy) is 1. The fourth-order valence-electron chi connectivity index (χ4n) is 6.70. The van der Waals surface area contributed by atoms with Crippen molar-refractivity contribution < 1.29 is 4.74 Å². The molecule has 0 spiro atoms. The summed E-state index contributed by atoms with van der Waals surface area (Å²) in [5.74, 6) is 2.66. The summed E-state index contributed by atoms with van der Waals surface area (Å²) in [7, 11) is 0. The van der Waals surface area contributed by atoms with Crippen molar-refractivity contribution in [2.45, 2.75) is 72.1 Å². The molecule has 0 N–H and O–H groups in total. The molecule has 1 fully saturated rings. The lowest BCUT2D eigenvalue weighted by molar-refractivity contribution is 0.219. The van der Waals surface area contributed by atoms with E-state index in [9.17, 15) is 0 Å². The van der Waals surface area contributed by atoms with Crippen molar-refractivity contribution >= 4 is 17.6 Å². The van der Waals surface area contributed by atoms with Crippen molar-refractivity contribution in [3.05, 3.63) is 65.0 Å². The molecule has 6 nitrogen and oxygen atoms in total. The molecule has 4 aliphatic rings. The number of fused-ring (bicyclic) bond motifs is 3. The van der Waals surface area contributed by atoms with E-state index < -0.39 is 0 Å². The predicted octanol–water partition coefficient (Wildman–Crippen LogP) is 6.79. The summed E-state index contributed by atoms with van der Waals surface area (Å²) in [5, 5.41) is 0. The fourth-order valence-corrected chi connectivity index (χ4v) is 6.70. The highest BCUT2D eigenvalue weighted by molar-refractivity contribution is 5.98. The molecule has 2 unspecified atom stereocenters. The van der Waals surface area contributed by atoms with E-state index >= 15 is 0 Å². The van der Waals surface area contributed by atoms with Gasteiger partial charge in [-0.05, 0) is 109 Å². The average Bonchev–Trinajstić information content (AvgIpc) is 3.79. The number of rotatable bonds is 4. The van der Waals surface area contributed by atoms with Gasteiger partial charge in [0.25, 0.3) is 0 Å². The zero-order valence-electron chi connectivity index (χ0n) is 24.0. The number of aromatic nitrogens is 3. The zero-order chi connectivity index (χ0) is 27.3. The molecule has 6 heteroatoms. The third-order valence-corrected chi connectivity index (χ3v) is 9.44. The molecule has 2 aliphatic carbocycles. The van der Waals surface area contributed by atoms with Crippen LogP contribution in [0.4, 0.5) is 5.69 Å². The van der Waals surface area contributed by atoms with Crippen LogP contribution in [0.25, 0.3) is 11.1 Å². The van der Waals surface area contributed by atoms with E-state index in [-0.39, 0.29) is 0 Å². The quantitative estimate of drug-likeness (QED) is 0.370. The number of hydrogen-bond donors (Lipinski definition) is 0. The molecule has 40 heavy (non-hydrogen) atoms. The molecule has 7 rings (SSSR count). The van der Waals surface area contributed by atoms with Crippen LogP contribution in [0.3, 0.4) is 0 Å². The summed E-state index contributed by atoms with van der Waals surface area (Å²) in [5.41, 5.74) is 10.8. The lowest BCUT2D eigenvalue weighted by Gasteiger charge is -2.33. The fraction of sp³-hybridized carbons (Fsp3) is 0.500. The summed E-state index contributed by atoms with van der Waals surface area (Å²) in [4.78, 5) is 23.8. The van der Waals surface area contributed by atoms with E-state index in [4.69, 9.17) is 19.7 Å². The van der Waals surface area contributed by atoms with Crippen molar-refractivity contribution in [1.29, 1.82) is 0 Å². The molecule has 3 aromatic rings. The Kier molecular flexibility index (Phi) is 6.52. The minimum absolute atomic E-state index is 0.319. The van der Waals surface area contributed by atoms with E-state index in [0.29, 0.717) is 29.7 Å². The van der Waals surface area contributed by atoms with Gasteiger partial charge in [-0.1, -0.05) is 26.8 Å². The number of aryl methyl sites for hydroxylation is 1. The predicted molar refractivity (Wildman–Crippen MR) is 160 cm³/mol. The van der Waals surface area contributed by atoms with Gasteiger partial charge in [-0.3, -0.25) is 15.0 Å². The highest BCUT2D eigenvalue weighted by Gasteiger charge is 2.31. The second-order valence-electron chi connectivity index (χ2n) is 13.2. The maximum absolute atomic E-state index is 6.35. The topological polar surface area (TPSA) is 72.6 Å². The van der Waals surface area contributed by atoms with Crippen LogP contribution >= 0.6 is 0 Å². The minimum atomic E-state index is 0.319. The van der Waals surface area contributed by atoms with Gasteiger partial charge in [-0.25, -0.2) is 9.97 Å². The number of nitrogens with zero attached hydrogens (tertiary/aromatic N) is 5. The highest BCUT2D eigenvalue weighted by atomic mass is 16.5. The van der Waals surface area contributed by atoms with Gasteiger partial charge < -0.3 is 4.74 Å². The van der Waals surface area contributed by atoms with Gasteiger partial charge in [-0.15, -0.1) is 0 Å². The Morgan fingerprint density at radius 3 is 2.80 bits per heavy atom. The molecule has 206 valence electrons. The lowest BCUT2D eigenvalue weighted by Crippen LogP contribution is -2.27. The molecule has 2 aliphatic heterocycles. The van der Waals surface area contributed by atoms with Crippen LogP contribution in [0.1, 0.15) is 74.7 Å². The first kappa shape index (κ1) is 25.6. The van der Waals surface area contributed by atoms with Crippen molar-refractivity contribution in [3.8, 4) is 16.9 Å². The standard InChI is InChI=1S/C34H39N5O/c1-21-12-25-13-24(26-15-30-32(36-17-26)19-35-18-31(39-30)22-4-5-22)6-7-33(25)40-11-9-23(21)14-29-27-16-34(2,3)10-8-28(27)37-20-38-29/h6-7,13,15,17,19-23H,4-5,8-12,14,16,18H2,1-3H3. The van der Waals surface area contributed by atoms with Gasteiger partial charge >= 0.3 is 0 Å². The first-order valence-corrected chi connectivity index (χ1v) is 15.1. The number of aliphatic imine (C=N–C) groups is 2. The average molecular weight is 534 g/mol. The molecule has 0 saturated heterocycles. The maximum Gasteiger partial charge on any atom is 0.122 e. The van der Waals surface area contributed by atoms with Crippen LogP contribution in [-0.4, -0.2) is 40.0 Å². The van der Waals surface area contributed by atoms with Crippen LogP contribution in [0.5, 0.6) is 5.75 Å². The van der Waals surface area contributed by atoms with Crippen molar-refractivity contribution in [2.24, 2.45) is 33.2 Å². The first-order chi connectivity index (χ1) is 19.4. The van der Waals surface area contributed by atoms with Crippen LogP contribution in [0, 0.1) is 23.2 Å². The summed E-state index contributed by atoms with van der Waals surface area (Å²) in [6.45, 7) is 8.58. The molecular formula is C34H39N5O. The molecule has 0 bridgehead atoms. The van der Waals surface area contributed by atoms with Crippen LogP contribution in [0.2, 0.25) is 0 Å². The van der Waals surface area contributed by atoms with E-state index in [0.717, 1.165) is 61.4 Å². The van der Waals surface area contributed by atoms with Gasteiger partial charge in [-0.2, -0.15) is 0 Å². The SMILES string of the molecule is CC1Cc2cc(-c3cnc4c(c3)N=C(C3CC3)CN=C4)ccc2OCCC1Cc1ncnc2c1CC(C)(C)CC2. The van der Waals surface area contributed by atoms with Crippen molar-refractivity contribution in [2.75, 3.05) is 13.2 Å². The molecule has 2 atom stereocenters. The van der Waals surface area contributed by atoms with Crippen LogP contribution in [-0.2, 0) is 25.7 Å². The third-order valence-electron chi connectivity index (χ3n) is 9.44. The Bertz CT molecular complexity index is 1500. The van der Waals surface area contributed by atoms with Gasteiger partial charge in [0.15, 0.2) is 0 Å². The maximum atomic E-state index is 6.35. The van der Waals surface area contributed by atoms with Crippen LogP contribution < -0.4 is 4.74 Å². The van der Waals surface area contributed by atoms with E-state index in [1.807, 2.05) is 12.4 Å². The molecule has 1 saturated carbocycles. The normalized spacial score (nSPS) is 23.4. The molecular weight excluding hydrogens is 494 g/mol. The monoisotopic (exact) mass is 533 g/mol. The Morgan fingerprint density at radius 2 is 1.93 bits per heavy atom. The Morgan fingerprint density at radius 1 is 1.02 bits per heavy atom. The highest BCUT2D eigenvalue weighted by Crippen LogP contribution is 2.39. The Labute approximate surface area is 237 Å². The van der Waals surface area contributed by atoms with E-state index in [2.05, 4.69) is 55.0 Å². The smallest absolute Gasteiger partial charge is 0.122 e. The molecule has 1 aromatic carbocycles. The van der Waals surface area contributed by atoms with E-state index in [1.54, 1.807) is 6.33 Å². The first-order valence-electron chi connectivity index (χ1n) is 15.1. The zero-order valence-corrected chi connectivity index (χ0v) is 24.0. The molecule has 0 amide bonds. The summed E-state index contributed by atoms with van der Waals surface area (Å²) in [6.07, 6.45) is 14.5. The summed E-state index contributed by atoms with van der Waals surface area (Å²) < 4.78 is 6.35. The van der Waals surface area contributed by atoms with Crippen molar-refractivity contribution in [3.63, 3.8) is 0 Å². The van der Waals surface area contributed by atoms with Crippen molar-refractivity contribution in [1.82, 2.24) is 15.0 Å². The second kappa shape index (κ2) is 10.2. The van der Waals surface area contributed by atoms with Gasteiger partial charge in [0.2, 0.25) is 0 Å². The Balaban J connectivity index is 1.14. The number of benzene rings is 1. The lowest BCUT2D eigenvalue weighted by atomic mass is 9.74. The third kappa shape index (κ3) is 5.21. The van der Waals surface area contributed by atoms with Gasteiger partial charge in [0, 0.05) is 35.1 Å². The second-order valence-corrected chi connectivity index (χ2v) is 13.2. The van der Waals surface area contributed by atoms with Gasteiger partial charge in [0.05, 0.1) is 18.8 Å². The molecule has 0 radical (unpaired) electrons. The molecule has 2 aromatic heterocycles. The number of pyridine rings is 1. The number of hydrogen-bond acceptors (Lipinski definition) is 6. The molecule has 4 heterocycles. The largest absolute Gasteiger partial charge is 0.493 e. The van der Waals surface area contributed by atoms with Gasteiger partial charge in [0.1, 0.15) is 17.8 Å². The minimum Gasteiger partial charge on any atom is -0.493 e. The van der Waals surface area contributed by atoms with Crippen LogP contribution in [0.15, 0.2) is 46.8 Å².